The first-order valence-corrected chi connectivity index (χ1v) is 3.15. The summed E-state index contributed by atoms with van der Waals surface area (Å²) in [5.41, 5.74) is 0. The molecule has 0 saturated heterocycles. The first-order chi connectivity index (χ1) is 4.30. The summed E-state index contributed by atoms with van der Waals surface area (Å²) in [4.78, 5) is 7.87. The van der Waals surface area contributed by atoms with Crippen molar-refractivity contribution in [2.45, 2.75) is 12.3 Å². The Balaban J connectivity index is 2.85. The lowest BCUT2D eigenvalue weighted by atomic mass is 10.4. The topological polar surface area (TPSA) is 25.8 Å². The van der Waals surface area contributed by atoms with E-state index in [4.69, 9.17) is 11.6 Å². The molecule has 0 aliphatic heterocycles. The number of rotatable bonds is 1. The smallest absolute Gasteiger partial charge is 0.145 e. The van der Waals surface area contributed by atoms with Gasteiger partial charge < -0.3 is 0 Å². The fourth-order valence-corrected chi connectivity index (χ4v) is 0.629. The molecule has 0 amide bonds. The van der Waals surface area contributed by atoms with Gasteiger partial charge in [-0.25, -0.2) is 9.97 Å². The molecule has 48 valence electrons. The lowest BCUT2D eigenvalue weighted by Gasteiger charge is -1.96. The van der Waals surface area contributed by atoms with E-state index >= 15 is 0 Å². The number of aromatic nitrogens is 2. The van der Waals surface area contributed by atoms with E-state index in [1.165, 1.54) is 0 Å². The Morgan fingerprint density at radius 1 is 1.44 bits per heavy atom. The molecule has 0 aromatic carbocycles. The van der Waals surface area contributed by atoms with Crippen LogP contribution in [0.1, 0.15) is 18.1 Å². The average Bonchev–Trinajstić information content (AvgIpc) is 1.90. The second-order valence-corrected chi connectivity index (χ2v) is 2.38. The van der Waals surface area contributed by atoms with Crippen LogP contribution >= 0.6 is 11.6 Å². The second kappa shape index (κ2) is 2.78. The number of hydrogen-bond donors (Lipinski definition) is 0. The van der Waals surface area contributed by atoms with E-state index in [1.54, 1.807) is 18.5 Å². The van der Waals surface area contributed by atoms with Crippen LogP contribution in [0.5, 0.6) is 0 Å². The van der Waals surface area contributed by atoms with Crippen LogP contribution in [0.25, 0.3) is 0 Å². The molecule has 1 heterocycles. The van der Waals surface area contributed by atoms with Crippen molar-refractivity contribution in [2.75, 3.05) is 0 Å². The Hall–Kier alpha value is -0.630. The van der Waals surface area contributed by atoms with Crippen molar-refractivity contribution in [3.63, 3.8) is 0 Å². The third-order valence-electron chi connectivity index (χ3n) is 0.942. The molecule has 3 heteroatoms. The van der Waals surface area contributed by atoms with Gasteiger partial charge in [-0.05, 0) is 13.0 Å². The molecule has 1 aromatic heterocycles. The second-order valence-electron chi connectivity index (χ2n) is 1.72. The van der Waals surface area contributed by atoms with Gasteiger partial charge in [0.05, 0.1) is 5.38 Å². The minimum Gasteiger partial charge on any atom is -0.240 e. The third-order valence-corrected chi connectivity index (χ3v) is 1.14. The molecule has 0 saturated carbocycles. The molecule has 0 fully saturated rings. The van der Waals surface area contributed by atoms with Gasteiger partial charge in [-0.15, -0.1) is 11.6 Å². The highest BCUT2D eigenvalue weighted by Gasteiger charge is 2.00. The van der Waals surface area contributed by atoms with E-state index in [9.17, 15) is 0 Å². The van der Waals surface area contributed by atoms with E-state index < -0.39 is 0 Å². The predicted molar refractivity (Wildman–Crippen MR) is 36.3 cm³/mol. The molecular weight excluding hydrogens is 136 g/mol. The summed E-state index contributed by atoms with van der Waals surface area (Å²) in [6, 6.07) is 1.77. The zero-order valence-corrected chi connectivity index (χ0v) is 5.84. The summed E-state index contributed by atoms with van der Waals surface area (Å²) < 4.78 is 0. The van der Waals surface area contributed by atoms with E-state index in [0.717, 1.165) is 0 Å². The summed E-state index contributed by atoms with van der Waals surface area (Å²) >= 11 is 5.68. The van der Waals surface area contributed by atoms with Crippen molar-refractivity contribution < 1.29 is 0 Å². The summed E-state index contributed by atoms with van der Waals surface area (Å²) in [5.74, 6) is 0.680. The Kier molecular flexibility index (Phi) is 2.01. The summed E-state index contributed by atoms with van der Waals surface area (Å²) in [5, 5.41) is -0.0915. The average molecular weight is 143 g/mol. The first kappa shape index (κ1) is 6.49. The molecule has 0 aliphatic carbocycles. The van der Waals surface area contributed by atoms with Gasteiger partial charge in [-0.2, -0.15) is 0 Å². The van der Waals surface area contributed by atoms with Gasteiger partial charge in [-0.3, -0.25) is 0 Å². The van der Waals surface area contributed by atoms with E-state index in [-0.39, 0.29) is 5.38 Å². The van der Waals surface area contributed by atoms with Crippen molar-refractivity contribution in [3.8, 4) is 0 Å². The monoisotopic (exact) mass is 142 g/mol. The molecule has 9 heavy (non-hydrogen) atoms. The molecule has 1 atom stereocenters. The van der Waals surface area contributed by atoms with Crippen LogP contribution in [0, 0.1) is 0 Å². The number of alkyl halides is 1. The van der Waals surface area contributed by atoms with Gasteiger partial charge in [0, 0.05) is 12.4 Å². The normalized spacial score (nSPS) is 13.1. The Labute approximate surface area is 58.9 Å². The summed E-state index contributed by atoms with van der Waals surface area (Å²) in [6.07, 6.45) is 3.36. The van der Waals surface area contributed by atoms with Crippen molar-refractivity contribution in [1.29, 1.82) is 0 Å². The predicted octanol–water partition coefficient (Wildman–Crippen LogP) is 1.78. The van der Waals surface area contributed by atoms with Crippen LogP contribution in [0.15, 0.2) is 18.5 Å². The van der Waals surface area contributed by atoms with Crippen molar-refractivity contribution in [1.82, 2.24) is 9.97 Å². The summed E-state index contributed by atoms with van der Waals surface area (Å²) in [6.45, 7) is 1.84. The molecule has 0 spiro atoms. The van der Waals surface area contributed by atoms with Gasteiger partial charge in [0.15, 0.2) is 0 Å². The van der Waals surface area contributed by atoms with Crippen LogP contribution < -0.4 is 0 Å². The molecule has 2 nitrogen and oxygen atoms in total. The zero-order chi connectivity index (χ0) is 6.69. The highest BCUT2D eigenvalue weighted by Crippen LogP contribution is 2.12. The standard InChI is InChI=1S/C6H7ClN2/c1-5(7)6-8-3-2-4-9-6/h2-5H,1H3/t5-/m1/s1. The lowest BCUT2D eigenvalue weighted by molar-refractivity contribution is 0.910. The van der Waals surface area contributed by atoms with Gasteiger partial charge in [0.1, 0.15) is 5.82 Å². The quantitative estimate of drug-likeness (QED) is 0.559. The van der Waals surface area contributed by atoms with Crippen molar-refractivity contribution in [2.24, 2.45) is 0 Å². The number of nitrogens with zero attached hydrogens (tertiary/aromatic N) is 2. The van der Waals surface area contributed by atoms with Crippen molar-refractivity contribution >= 4 is 11.6 Å². The lowest BCUT2D eigenvalue weighted by Crippen LogP contribution is -1.91. The van der Waals surface area contributed by atoms with Gasteiger partial charge in [0.2, 0.25) is 0 Å². The van der Waals surface area contributed by atoms with Gasteiger partial charge in [-0.1, -0.05) is 0 Å². The van der Waals surface area contributed by atoms with Crippen LogP contribution in [-0.4, -0.2) is 9.97 Å². The highest BCUT2D eigenvalue weighted by molar-refractivity contribution is 6.20. The molecule has 1 aromatic rings. The zero-order valence-electron chi connectivity index (χ0n) is 5.08. The number of halogens is 1. The summed E-state index contributed by atoms with van der Waals surface area (Å²) in [7, 11) is 0. The van der Waals surface area contributed by atoms with Crippen molar-refractivity contribution in [3.05, 3.63) is 24.3 Å². The maximum absolute atomic E-state index is 5.68. The molecule has 1 rings (SSSR count). The van der Waals surface area contributed by atoms with Gasteiger partial charge >= 0.3 is 0 Å². The third kappa shape index (κ3) is 1.64. The van der Waals surface area contributed by atoms with Gasteiger partial charge in [0.25, 0.3) is 0 Å². The SMILES string of the molecule is C[C@@H](Cl)c1ncccn1. The Morgan fingerprint density at radius 3 is 2.33 bits per heavy atom. The van der Waals surface area contributed by atoms with E-state index in [1.807, 2.05) is 6.92 Å². The fraction of sp³-hybridized carbons (Fsp3) is 0.333. The van der Waals surface area contributed by atoms with Crippen LogP contribution in [0.3, 0.4) is 0 Å². The molecular formula is C6H7ClN2. The molecule has 0 unspecified atom stereocenters. The maximum atomic E-state index is 5.68. The van der Waals surface area contributed by atoms with E-state index in [0.29, 0.717) is 5.82 Å². The number of hydrogen-bond acceptors (Lipinski definition) is 2. The van der Waals surface area contributed by atoms with E-state index in [2.05, 4.69) is 9.97 Å². The fourth-order valence-electron chi connectivity index (χ4n) is 0.516. The van der Waals surface area contributed by atoms with Crippen LogP contribution in [0.4, 0.5) is 0 Å². The Morgan fingerprint density at radius 2 is 2.00 bits per heavy atom. The maximum Gasteiger partial charge on any atom is 0.145 e. The van der Waals surface area contributed by atoms with Crippen LogP contribution in [-0.2, 0) is 0 Å². The first-order valence-electron chi connectivity index (χ1n) is 2.71. The van der Waals surface area contributed by atoms with Crippen LogP contribution in [0.2, 0.25) is 0 Å². The molecule has 0 bridgehead atoms. The minimum absolute atomic E-state index is 0.0915. The molecule has 0 N–H and O–H groups in total. The Bertz CT molecular complexity index is 174. The molecule has 0 radical (unpaired) electrons. The largest absolute Gasteiger partial charge is 0.240 e. The highest BCUT2D eigenvalue weighted by atomic mass is 35.5. The molecule has 0 aliphatic rings. The minimum atomic E-state index is -0.0915.